The lowest BCUT2D eigenvalue weighted by molar-refractivity contribution is 0.600. The summed E-state index contributed by atoms with van der Waals surface area (Å²) in [6, 6.07) is 8.85. The zero-order valence-corrected chi connectivity index (χ0v) is 10.1. The molecule has 2 rings (SSSR count). The summed E-state index contributed by atoms with van der Waals surface area (Å²) in [6.45, 7) is 10.3. The van der Waals surface area contributed by atoms with Gasteiger partial charge in [-0.25, -0.2) is 0 Å². The maximum absolute atomic E-state index is 3.86. The molecule has 2 heterocycles. The first kappa shape index (κ1) is 10.8. The quantitative estimate of drug-likeness (QED) is 0.738. The molecule has 0 aliphatic rings. The third kappa shape index (κ3) is 1.60. The first-order valence-corrected chi connectivity index (χ1v) is 5.59. The molecule has 0 radical (unpaired) electrons. The third-order valence-electron chi connectivity index (χ3n) is 3.17. The second kappa shape index (κ2) is 4.05. The van der Waals surface area contributed by atoms with Crippen LogP contribution in [0.5, 0.6) is 0 Å². The van der Waals surface area contributed by atoms with E-state index in [1.54, 1.807) is 0 Å². The van der Waals surface area contributed by atoms with Gasteiger partial charge in [-0.1, -0.05) is 6.58 Å². The molecule has 0 saturated carbocycles. The summed E-state index contributed by atoms with van der Waals surface area (Å²) in [5, 5.41) is 0. The topological polar surface area (TPSA) is 9.86 Å². The van der Waals surface area contributed by atoms with E-state index in [0.717, 1.165) is 0 Å². The van der Waals surface area contributed by atoms with Gasteiger partial charge in [-0.2, -0.15) is 0 Å². The van der Waals surface area contributed by atoms with Crippen molar-refractivity contribution in [2.45, 2.75) is 26.8 Å². The predicted octanol–water partition coefficient (Wildman–Crippen LogP) is 3.62. The summed E-state index contributed by atoms with van der Waals surface area (Å²) in [5.41, 5.74) is 3.77. The highest BCUT2D eigenvalue weighted by Gasteiger charge is 2.13. The molecular weight excluding hydrogens is 196 g/mol. The standard InChI is InChI=1S/C14H18N2/c1-5-15-12(3)8-9-14(15)13(4)16-10-6-7-11(16)2/h5-10,13H,1H2,2-4H3. The molecule has 1 atom stereocenters. The maximum atomic E-state index is 3.86. The lowest BCUT2D eigenvalue weighted by Crippen LogP contribution is -2.10. The molecule has 0 amide bonds. The monoisotopic (exact) mass is 214 g/mol. The van der Waals surface area contributed by atoms with Crippen LogP contribution in [0.25, 0.3) is 6.20 Å². The number of rotatable bonds is 3. The van der Waals surface area contributed by atoms with Crippen LogP contribution in [0.1, 0.15) is 30.0 Å². The Morgan fingerprint density at radius 1 is 1.19 bits per heavy atom. The Hall–Kier alpha value is -1.70. The Balaban J connectivity index is 2.45. The fraction of sp³-hybridized carbons (Fsp3) is 0.286. The van der Waals surface area contributed by atoms with Crippen LogP contribution in [-0.4, -0.2) is 9.13 Å². The van der Waals surface area contributed by atoms with Crippen LogP contribution in [0.15, 0.2) is 37.0 Å². The van der Waals surface area contributed by atoms with Crippen molar-refractivity contribution >= 4 is 6.20 Å². The van der Waals surface area contributed by atoms with Crippen LogP contribution in [0.4, 0.5) is 0 Å². The van der Waals surface area contributed by atoms with Crippen LogP contribution < -0.4 is 0 Å². The van der Waals surface area contributed by atoms with Gasteiger partial charge in [0.2, 0.25) is 0 Å². The molecule has 0 aromatic carbocycles. The van der Waals surface area contributed by atoms with Crippen molar-refractivity contribution in [3.05, 3.63) is 54.1 Å². The van der Waals surface area contributed by atoms with E-state index in [4.69, 9.17) is 0 Å². The minimum absolute atomic E-state index is 0.335. The van der Waals surface area contributed by atoms with Crippen molar-refractivity contribution in [3.63, 3.8) is 0 Å². The van der Waals surface area contributed by atoms with E-state index in [1.165, 1.54) is 17.1 Å². The molecule has 1 unspecified atom stereocenters. The molecule has 0 fully saturated rings. The van der Waals surface area contributed by atoms with Gasteiger partial charge < -0.3 is 9.13 Å². The summed E-state index contributed by atoms with van der Waals surface area (Å²) < 4.78 is 4.42. The molecule has 0 aliphatic heterocycles. The van der Waals surface area contributed by atoms with Gasteiger partial charge >= 0.3 is 0 Å². The SMILES string of the molecule is C=Cn1c(C)ccc1C(C)n1cccc1C. The summed E-state index contributed by atoms with van der Waals surface area (Å²) in [5.74, 6) is 0. The van der Waals surface area contributed by atoms with Gasteiger partial charge in [-0.05, 0) is 45.0 Å². The highest BCUT2D eigenvalue weighted by atomic mass is 15.1. The van der Waals surface area contributed by atoms with Crippen LogP contribution >= 0.6 is 0 Å². The molecule has 16 heavy (non-hydrogen) atoms. The molecule has 0 spiro atoms. The molecule has 2 aromatic heterocycles. The molecule has 0 saturated heterocycles. The molecule has 84 valence electrons. The molecule has 2 nitrogen and oxygen atoms in total. The van der Waals surface area contributed by atoms with E-state index >= 15 is 0 Å². The zero-order valence-electron chi connectivity index (χ0n) is 10.1. The molecular formula is C14H18N2. The van der Waals surface area contributed by atoms with E-state index in [1.807, 2.05) is 6.20 Å². The van der Waals surface area contributed by atoms with Gasteiger partial charge in [0.25, 0.3) is 0 Å². The van der Waals surface area contributed by atoms with Gasteiger partial charge in [-0.3, -0.25) is 0 Å². The van der Waals surface area contributed by atoms with Gasteiger partial charge in [0, 0.05) is 29.5 Å². The smallest absolute Gasteiger partial charge is 0.0709 e. The average Bonchev–Trinajstić information content (AvgIpc) is 2.83. The van der Waals surface area contributed by atoms with E-state index in [0.29, 0.717) is 6.04 Å². The molecule has 0 aliphatic carbocycles. The number of hydrogen-bond donors (Lipinski definition) is 0. The van der Waals surface area contributed by atoms with Gasteiger partial charge in [0.05, 0.1) is 6.04 Å². The highest BCUT2D eigenvalue weighted by Crippen LogP contribution is 2.22. The number of aromatic nitrogens is 2. The highest BCUT2D eigenvalue weighted by molar-refractivity contribution is 5.32. The third-order valence-corrected chi connectivity index (χ3v) is 3.17. The summed E-state index contributed by atoms with van der Waals surface area (Å²) in [7, 11) is 0. The lowest BCUT2D eigenvalue weighted by atomic mass is 10.2. The Morgan fingerprint density at radius 2 is 1.94 bits per heavy atom. The Bertz CT molecular complexity index is 503. The average molecular weight is 214 g/mol. The Labute approximate surface area is 96.8 Å². The normalized spacial score (nSPS) is 12.7. The van der Waals surface area contributed by atoms with E-state index in [9.17, 15) is 0 Å². The molecule has 0 N–H and O–H groups in total. The van der Waals surface area contributed by atoms with Crippen LogP contribution in [0.2, 0.25) is 0 Å². The van der Waals surface area contributed by atoms with E-state index < -0.39 is 0 Å². The Morgan fingerprint density at radius 3 is 2.50 bits per heavy atom. The van der Waals surface area contributed by atoms with Crippen molar-refractivity contribution in [2.75, 3.05) is 0 Å². The van der Waals surface area contributed by atoms with Crippen molar-refractivity contribution in [3.8, 4) is 0 Å². The molecule has 0 bridgehead atoms. The van der Waals surface area contributed by atoms with Crippen LogP contribution in [0.3, 0.4) is 0 Å². The first-order chi connectivity index (χ1) is 7.65. The van der Waals surface area contributed by atoms with Crippen molar-refractivity contribution in [2.24, 2.45) is 0 Å². The van der Waals surface area contributed by atoms with Gasteiger partial charge in [0.1, 0.15) is 0 Å². The largest absolute Gasteiger partial charge is 0.343 e. The minimum atomic E-state index is 0.335. The fourth-order valence-corrected chi connectivity index (χ4v) is 2.22. The van der Waals surface area contributed by atoms with E-state index in [-0.39, 0.29) is 0 Å². The number of hydrogen-bond acceptors (Lipinski definition) is 0. The number of aryl methyl sites for hydroxylation is 2. The van der Waals surface area contributed by atoms with Crippen molar-refractivity contribution in [1.29, 1.82) is 0 Å². The lowest BCUT2D eigenvalue weighted by Gasteiger charge is -2.18. The summed E-state index contributed by atoms with van der Waals surface area (Å²) >= 11 is 0. The van der Waals surface area contributed by atoms with Crippen molar-refractivity contribution in [1.82, 2.24) is 9.13 Å². The van der Waals surface area contributed by atoms with E-state index in [2.05, 4.69) is 66.9 Å². The van der Waals surface area contributed by atoms with Gasteiger partial charge in [-0.15, -0.1) is 0 Å². The maximum Gasteiger partial charge on any atom is 0.0709 e. The van der Waals surface area contributed by atoms with Crippen LogP contribution in [0, 0.1) is 13.8 Å². The van der Waals surface area contributed by atoms with Crippen molar-refractivity contribution < 1.29 is 0 Å². The first-order valence-electron chi connectivity index (χ1n) is 5.59. The second-order valence-electron chi connectivity index (χ2n) is 4.18. The predicted molar refractivity (Wildman–Crippen MR) is 68.5 cm³/mol. The number of nitrogens with zero attached hydrogens (tertiary/aromatic N) is 2. The Kier molecular flexibility index (Phi) is 2.73. The van der Waals surface area contributed by atoms with Gasteiger partial charge in [0.15, 0.2) is 0 Å². The second-order valence-corrected chi connectivity index (χ2v) is 4.18. The fourth-order valence-electron chi connectivity index (χ4n) is 2.22. The molecule has 2 aromatic rings. The summed E-state index contributed by atoms with van der Waals surface area (Å²) in [6.07, 6.45) is 4.00. The van der Waals surface area contributed by atoms with Crippen LogP contribution in [-0.2, 0) is 0 Å². The summed E-state index contributed by atoms with van der Waals surface area (Å²) in [4.78, 5) is 0. The zero-order chi connectivity index (χ0) is 11.7. The minimum Gasteiger partial charge on any atom is -0.343 e. The molecule has 2 heteroatoms.